The van der Waals surface area contributed by atoms with Crippen LogP contribution in [-0.4, -0.2) is 51.3 Å². The van der Waals surface area contributed by atoms with E-state index in [0.717, 1.165) is 50.5 Å². The molecule has 0 heterocycles. The largest absolute Gasteiger partial charge is 0.465 e. The zero-order valence-corrected chi connectivity index (χ0v) is 30.7. The molecular weight excluding hydrogens is 695 g/mol. The summed E-state index contributed by atoms with van der Waals surface area (Å²) in [5.74, 6) is -3.30. The SMILES string of the molecule is C=C(C(=O)OC)C(=O)OCCc1ccc(N(c2ccc(C=C(c3ccccc3)c3ccccc3)cc2)c2ccc(CCOC(=O)C(=C)C(=O)OC)cc2)cc1. The number of carbonyl (C=O) groups is 4. The molecular formula is C46H41NO8. The Bertz CT molecular complexity index is 2030. The fourth-order valence-electron chi connectivity index (χ4n) is 5.64. The molecule has 0 aromatic heterocycles. The van der Waals surface area contributed by atoms with Crippen molar-refractivity contribution < 1.29 is 38.1 Å². The summed E-state index contributed by atoms with van der Waals surface area (Å²) in [5.41, 5.74) is 8.21. The van der Waals surface area contributed by atoms with E-state index in [9.17, 15) is 19.2 Å². The van der Waals surface area contributed by atoms with Crippen LogP contribution in [0.2, 0.25) is 0 Å². The van der Waals surface area contributed by atoms with E-state index < -0.39 is 23.9 Å². The van der Waals surface area contributed by atoms with Crippen LogP contribution >= 0.6 is 0 Å². The number of hydrogen-bond donors (Lipinski definition) is 0. The number of hydrogen-bond acceptors (Lipinski definition) is 9. The summed E-state index contributed by atoms with van der Waals surface area (Å²) in [5, 5.41) is 0. The van der Waals surface area contributed by atoms with Crippen molar-refractivity contribution >= 4 is 52.6 Å². The molecule has 278 valence electrons. The van der Waals surface area contributed by atoms with E-state index >= 15 is 0 Å². The zero-order valence-electron chi connectivity index (χ0n) is 30.7. The van der Waals surface area contributed by atoms with Gasteiger partial charge in [-0.1, -0.05) is 110 Å². The van der Waals surface area contributed by atoms with Gasteiger partial charge in [-0.3, -0.25) is 0 Å². The van der Waals surface area contributed by atoms with E-state index in [2.05, 4.69) is 82.1 Å². The lowest BCUT2D eigenvalue weighted by Gasteiger charge is -2.26. The average Bonchev–Trinajstić information content (AvgIpc) is 3.23. The number of rotatable bonds is 16. The minimum absolute atomic E-state index is 0.0639. The quantitative estimate of drug-likeness (QED) is 0.0247. The molecule has 5 aromatic carbocycles. The van der Waals surface area contributed by atoms with E-state index in [4.69, 9.17) is 9.47 Å². The van der Waals surface area contributed by atoms with Crippen molar-refractivity contribution in [3.63, 3.8) is 0 Å². The summed E-state index contributed by atoms with van der Waals surface area (Å²) in [6, 6.07) is 44.7. The highest BCUT2D eigenvalue weighted by Gasteiger charge is 2.19. The molecule has 0 saturated heterocycles. The lowest BCUT2D eigenvalue weighted by atomic mass is 9.95. The van der Waals surface area contributed by atoms with Gasteiger partial charge in [0.25, 0.3) is 0 Å². The van der Waals surface area contributed by atoms with Crippen LogP contribution in [0.25, 0.3) is 11.6 Å². The molecule has 0 aliphatic rings. The number of anilines is 3. The lowest BCUT2D eigenvalue weighted by molar-refractivity contribution is -0.147. The molecule has 9 nitrogen and oxygen atoms in total. The van der Waals surface area contributed by atoms with Gasteiger partial charge in [0.1, 0.15) is 11.1 Å². The highest BCUT2D eigenvalue weighted by Crippen LogP contribution is 2.36. The third kappa shape index (κ3) is 10.5. The third-order valence-electron chi connectivity index (χ3n) is 8.63. The second kappa shape index (κ2) is 19.2. The summed E-state index contributed by atoms with van der Waals surface area (Å²) < 4.78 is 19.5. The summed E-state index contributed by atoms with van der Waals surface area (Å²) >= 11 is 0. The van der Waals surface area contributed by atoms with Crippen LogP contribution in [0.5, 0.6) is 0 Å². The normalized spacial score (nSPS) is 10.4. The Morgan fingerprint density at radius 2 is 0.873 bits per heavy atom. The fourth-order valence-corrected chi connectivity index (χ4v) is 5.64. The molecule has 0 saturated carbocycles. The van der Waals surface area contributed by atoms with E-state index in [1.807, 2.05) is 84.9 Å². The van der Waals surface area contributed by atoms with Gasteiger partial charge in [-0.05, 0) is 75.9 Å². The smallest absolute Gasteiger partial charge is 0.344 e. The van der Waals surface area contributed by atoms with E-state index in [1.165, 1.54) is 14.2 Å². The summed E-state index contributed by atoms with van der Waals surface area (Å²) in [6.45, 7) is 6.99. The number of carbonyl (C=O) groups excluding carboxylic acids is 4. The Morgan fingerprint density at radius 1 is 0.509 bits per heavy atom. The van der Waals surface area contributed by atoms with Gasteiger partial charge in [-0.15, -0.1) is 0 Å². The molecule has 9 heteroatoms. The van der Waals surface area contributed by atoms with Gasteiger partial charge < -0.3 is 23.8 Å². The van der Waals surface area contributed by atoms with Crippen LogP contribution in [0.1, 0.15) is 27.8 Å². The van der Waals surface area contributed by atoms with Crippen molar-refractivity contribution in [1.82, 2.24) is 0 Å². The van der Waals surface area contributed by atoms with Crippen LogP contribution in [0, 0.1) is 0 Å². The molecule has 0 aliphatic heterocycles. The van der Waals surface area contributed by atoms with Crippen molar-refractivity contribution in [3.05, 3.63) is 186 Å². The van der Waals surface area contributed by atoms with Crippen LogP contribution < -0.4 is 4.90 Å². The van der Waals surface area contributed by atoms with Gasteiger partial charge in [0, 0.05) is 29.9 Å². The van der Waals surface area contributed by atoms with Crippen molar-refractivity contribution in [2.45, 2.75) is 12.8 Å². The fraction of sp³-hybridized carbons (Fsp3) is 0.130. The number of benzene rings is 5. The van der Waals surface area contributed by atoms with Crippen LogP contribution in [0.4, 0.5) is 17.1 Å². The minimum Gasteiger partial charge on any atom is -0.465 e. The molecule has 0 spiro atoms. The first kappa shape index (κ1) is 39.2. The highest BCUT2D eigenvalue weighted by molar-refractivity contribution is 6.13. The van der Waals surface area contributed by atoms with E-state index in [1.54, 1.807) is 0 Å². The summed E-state index contributed by atoms with van der Waals surface area (Å²) in [6.07, 6.45) is 3.04. The van der Waals surface area contributed by atoms with Gasteiger partial charge in [0.2, 0.25) is 0 Å². The number of ether oxygens (including phenoxy) is 4. The van der Waals surface area contributed by atoms with E-state index in [0.29, 0.717) is 12.8 Å². The van der Waals surface area contributed by atoms with Gasteiger partial charge in [0.15, 0.2) is 0 Å². The van der Waals surface area contributed by atoms with Crippen LogP contribution in [0.3, 0.4) is 0 Å². The molecule has 0 amide bonds. The molecule has 0 N–H and O–H groups in total. The predicted octanol–water partition coefficient (Wildman–Crippen LogP) is 8.38. The first-order chi connectivity index (χ1) is 26.7. The third-order valence-corrected chi connectivity index (χ3v) is 8.63. The molecule has 0 atom stereocenters. The molecule has 5 rings (SSSR count). The average molecular weight is 736 g/mol. The molecule has 5 aromatic rings. The van der Waals surface area contributed by atoms with Crippen molar-refractivity contribution in [1.29, 1.82) is 0 Å². The second-order valence-electron chi connectivity index (χ2n) is 12.3. The van der Waals surface area contributed by atoms with Crippen molar-refractivity contribution in [2.75, 3.05) is 32.3 Å². The van der Waals surface area contributed by atoms with Crippen molar-refractivity contribution in [2.24, 2.45) is 0 Å². The first-order valence-electron chi connectivity index (χ1n) is 17.5. The number of nitrogens with zero attached hydrogens (tertiary/aromatic N) is 1. The van der Waals surface area contributed by atoms with Crippen molar-refractivity contribution in [3.8, 4) is 0 Å². The molecule has 0 fully saturated rings. The van der Waals surface area contributed by atoms with E-state index in [-0.39, 0.29) is 24.4 Å². The zero-order chi connectivity index (χ0) is 39.2. The molecule has 0 aliphatic carbocycles. The molecule has 0 bridgehead atoms. The molecule has 0 radical (unpaired) electrons. The second-order valence-corrected chi connectivity index (χ2v) is 12.3. The Balaban J connectivity index is 1.38. The summed E-state index contributed by atoms with van der Waals surface area (Å²) in [7, 11) is 2.35. The maximum absolute atomic E-state index is 12.1. The maximum atomic E-state index is 12.1. The van der Waals surface area contributed by atoms with Gasteiger partial charge in [0.05, 0.1) is 27.4 Å². The van der Waals surface area contributed by atoms with Gasteiger partial charge in [-0.2, -0.15) is 0 Å². The number of esters is 4. The standard InChI is InChI=1S/C46H41NO8/c1-32(43(48)52-3)45(50)54-29-27-34-15-21-39(22-16-34)47(40-23-17-35(18-24-40)28-30-55-46(51)33(2)44(49)53-4)41-25-19-36(20-26-41)31-42(37-11-7-5-8-12-37)38-13-9-6-10-14-38/h5-26,31H,1-2,27-30H2,3-4H3. The van der Waals surface area contributed by atoms with Crippen LogP contribution in [0.15, 0.2) is 158 Å². The van der Waals surface area contributed by atoms with Gasteiger partial charge in [-0.25, -0.2) is 19.2 Å². The summed E-state index contributed by atoms with van der Waals surface area (Å²) in [4.78, 5) is 49.5. The first-order valence-corrected chi connectivity index (χ1v) is 17.5. The topological polar surface area (TPSA) is 108 Å². The Morgan fingerprint density at radius 3 is 1.24 bits per heavy atom. The number of methoxy groups -OCH3 is 2. The lowest BCUT2D eigenvalue weighted by Crippen LogP contribution is -2.17. The van der Waals surface area contributed by atoms with Crippen LogP contribution in [-0.2, 0) is 51.0 Å². The highest BCUT2D eigenvalue weighted by atomic mass is 16.6. The molecule has 0 unspecified atom stereocenters. The Hall–Kier alpha value is -7.00. The minimum atomic E-state index is -0.829. The monoisotopic (exact) mass is 735 g/mol. The Labute approximate surface area is 320 Å². The maximum Gasteiger partial charge on any atom is 0.344 e. The van der Waals surface area contributed by atoms with Gasteiger partial charge >= 0.3 is 23.9 Å². The predicted molar refractivity (Wildman–Crippen MR) is 213 cm³/mol. The molecule has 55 heavy (non-hydrogen) atoms. The Kier molecular flexibility index (Phi) is 13.7.